The van der Waals surface area contributed by atoms with Crippen molar-refractivity contribution in [1.82, 2.24) is 10.7 Å². The highest BCUT2D eigenvalue weighted by Crippen LogP contribution is 1.96. The Labute approximate surface area is 68.7 Å². The van der Waals surface area contributed by atoms with E-state index in [1.165, 1.54) is 0 Å². The van der Waals surface area contributed by atoms with Crippen molar-refractivity contribution in [2.24, 2.45) is 11.6 Å². The zero-order valence-corrected chi connectivity index (χ0v) is 7.27. The second-order valence-electron chi connectivity index (χ2n) is 2.65. The van der Waals surface area contributed by atoms with Gasteiger partial charge in [0, 0.05) is 12.6 Å². The predicted octanol–water partition coefficient (Wildman–Crippen LogP) is -0.833. The van der Waals surface area contributed by atoms with Crippen LogP contribution in [0.25, 0.3) is 0 Å². The first-order valence-corrected chi connectivity index (χ1v) is 4.21. The fraction of sp³-hybridized carbons (Fsp3) is 1.00. The molecule has 0 unspecified atom stereocenters. The van der Waals surface area contributed by atoms with E-state index < -0.39 is 0 Å². The number of rotatable bonds is 1. The van der Waals surface area contributed by atoms with E-state index in [2.05, 4.69) is 10.7 Å². The van der Waals surface area contributed by atoms with Gasteiger partial charge < -0.3 is 11.1 Å². The van der Waals surface area contributed by atoms with Gasteiger partial charge in [-0.05, 0) is 25.9 Å². The monoisotopic (exact) mass is 160 g/mol. The number of piperidine rings is 1. The molecule has 1 saturated heterocycles. The van der Waals surface area contributed by atoms with E-state index in [1.54, 1.807) is 0 Å². The first kappa shape index (κ1) is 10.8. The van der Waals surface area contributed by atoms with Crippen LogP contribution in [0.1, 0.15) is 19.8 Å². The molecule has 4 nitrogen and oxygen atoms in total. The summed E-state index contributed by atoms with van der Waals surface area (Å²) in [5.74, 6) is 4.78. The lowest BCUT2D eigenvalue weighted by Gasteiger charge is -2.17. The van der Waals surface area contributed by atoms with E-state index in [9.17, 15) is 0 Å². The topological polar surface area (TPSA) is 76.1 Å². The highest BCUT2D eigenvalue weighted by Gasteiger charge is 2.05. The van der Waals surface area contributed by atoms with E-state index in [0.717, 1.165) is 32.5 Å². The van der Waals surface area contributed by atoms with E-state index in [1.807, 2.05) is 6.92 Å². The van der Waals surface area contributed by atoms with Crippen LogP contribution in [0.5, 0.6) is 0 Å². The largest absolute Gasteiger partial charge is 0.328 e. The summed E-state index contributed by atoms with van der Waals surface area (Å²) in [7, 11) is 0. The van der Waals surface area contributed by atoms with Crippen molar-refractivity contribution in [1.29, 1.82) is 0 Å². The smallest absolute Gasteiger partial charge is 0.00689 e. The van der Waals surface area contributed by atoms with Crippen LogP contribution in [0.3, 0.4) is 0 Å². The predicted molar refractivity (Wildman–Crippen MR) is 47.9 cm³/mol. The Hall–Kier alpha value is -0.160. The summed E-state index contributed by atoms with van der Waals surface area (Å²) in [5, 5.41) is 3.24. The first-order valence-electron chi connectivity index (χ1n) is 4.21. The van der Waals surface area contributed by atoms with Gasteiger partial charge in [0.25, 0.3) is 0 Å². The molecule has 0 atom stereocenters. The molecule has 11 heavy (non-hydrogen) atoms. The zero-order chi connectivity index (χ0) is 8.53. The van der Waals surface area contributed by atoms with Gasteiger partial charge in [-0.3, -0.25) is 11.3 Å². The molecule has 0 aliphatic carbocycles. The first-order chi connectivity index (χ1) is 5.31. The number of nitrogens with two attached hydrogens (primary N) is 2. The molecule has 68 valence electrons. The molecule has 0 saturated carbocycles. The number of hydrazine groups is 1. The summed E-state index contributed by atoms with van der Waals surface area (Å²) in [6.45, 7) is 5.02. The molecule has 0 radical (unpaired) electrons. The van der Waals surface area contributed by atoms with Gasteiger partial charge in [0.1, 0.15) is 0 Å². The van der Waals surface area contributed by atoms with Crippen molar-refractivity contribution in [2.45, 2.75) is 25.8 Å². The average Bonchev–Trinajstić information content (AvgIpc) is 2.07. The third-order valence-electron chi connectivity index (χ3n) is 1.59. The second kappa shape index (κ2) is 7.94. The van der Waals surface area contributed by atoms with E-state index in [0.29, 0.717) is 6.04 Å². The molecule has 1 rings (SSSR count). The zero-order valence-electron chi connectivity index (χ0n) is 7.27. The fourth-order valence-electron chi connectivity index (χ4n) is 0.844. The Bertz CT molecular complexity index is 68.8. The molecular weight excluding hydrogens is 140 g/mol. The van der Waals surface area contributed by atoms with Gasteiger partial charge in [-0.1, -0.05) is 6.92 Å². The van der Waals surface area contributed by atoms with E-state index in [4.69, 9.17) is 11.6 Å². The summed E-state index contributed by atoms with van der Waals surface area (Å²) >= 11 is 0. The van der Waals surface area contributed by atoms with Crippen molar-refractivity contribution >= 4 is 0 Å². The van der Waals surface area contributed by atoms with Crippen LogP contribution in [-0.4, -0.2) is 25.7 Å². The lowest BCUT2D eigenvalue weighted by atomic mass is 10.1. The highest BCUT2D eigenvalue weighted by molar-refractivity contribution is 4.69. The van der Waals surface area contributed by atoms with Crippen molar-refractivity contribution in [3.63, 3.8) is 0 Å². The van der Waals surface area contributed by atoms with Crippen LogP contribution in [0.2, 0.25) is 0 Å². The van der Waals surface area contributed by atoms with Crippen molar-refractivity contribution < 1.29 is 0 Å². The quantitative estimate of drug-likeness (QED) is 0.298. The van der Waals surface area contributed by atoms with Crippen molar-refractivity contribution in [3.05, 3.63) is 0 Å². The lowest BCUT2D eigenvalue weighted by molar-refractivity contribution is 0.458. The van der Waals surface area contributed by atoms with Gasteiger partial charge in [-0.25, -0.2) is 0 Å². The minimum atomic E-state index is 0.473. The van der Waals surface area contributed by atoms with E-state index in [-0.39, 0.29) is 0 Å². The third-order valence-corrected chi connectivity index (χ3v) is 1.59. The maximum Gasteiger partial charge on any atom is 0.00689 e. The van der Waals surface area contributed by atoms with Gasteiger partial charge >= 0.3 is 0 Å². The van der Waals surface area contributed by atoms with Crippen LogP contribution < -0.4 is 22.3 Å². The molecule has 0 spiro atoms. The molecule has 0 bridgehead atoms. The van der Waals surface area contributed by atoms with Crippen molar-refractivity contribution in [2.75, 3.05) is 19.6 Å². The third kappa shape index (κ3) is 7.74. The Kier molecular flexibility index (Phi) is 7.83. The molecule has 4 heteroatoms. The van der Waals surface area contributed by atoms with Crippen LogP contribution in [0.15, 0.2) is 0 Å². The van der Waals surface area contributed by atoms with Crippen molar-refractivity contribution in [3.8, 4) is 0 Å². The Balaban J connectivity index is 0.000000218. The SMILES string of the molecule is CCNN.NC1CCNCC1. The van der Waals surface area contributed by atoms with Crippen LogP contribution in [0.4, 0.5) is 0 Å². The minimum absolute atomic E-state index is 0.473. The highest BCUT2D eigenvalue weighted by atomic mass is 15.2. The number of nitrogens with one attached hydrogen (secondary N) is 2. The van der Waals surface area contributed by atoms with Gasteiger partial charge in [-0.15, -0.1) is 0 Å². The molecule has 0 amide bonds. The molecule has 0 aromatic heterocycles. The Morgan fingerprint density at radius 1 is 1.45 bits per heavy atom. The molecule has 0 aromatic carbocycles. The van der Waals surface area contributed by atoms with Crippen LogP contribution >= 0.6 is 0 Å². The maximum atomic E-state index is 5.59. The standard InChI is InChI=1S/C5H12N2.C2H8N2/c6-5-1-3-7-4-2-5;1-2-4-3/h5,7H,1-4,6H2;4H,2-3H2,1H3. The summed E-state index contributed by atoms with van der Waals surface area (Å²) in [5.41, 5.74) is 8.03. The average molecular weight is 160 g/mol. The lowest BCUT2D eigenvalue weighted by Crippen LogP contribution is -2.35. The van der Waals surface area contributed by atoms with Gasteiger partial charge in [0.15, 0.2) is 0 Å². The molecule has 0 aromatic rings. The minimum Gasteiger partial charge on any atom is -0.328 e. The molecule has 1 heterocycles. The van der Waals surface area contributed by atoms with Gasteiger partial charge in [-0.2, -0.15) is 0 Å². The molecule has 1 aliphatic heterocycles. The summed E-state index contributed by atoms with van der Waals surface area (Å²) < 4.78 is 0. The van der Waals surface area contributed by atoms with Gasteiger partial charge in [0.05, 0.1) is 0 Å². The fourth-order valence-corrected chi connectivity index (χ4v) is 0.844. The molecule has 1 fully saturated rings. The summed E-state index contributed by atoms with van der Waals surface area (Å²) in [6, 6.07) is 0.473. The Morgan fingerprint density at radius 2 is 1.91 bits per heavy atom. The number of hydrogen-bond acceptors (Lipinski definition) is 4. The normalized spacial score (nSPS) is 18.8. The summed E-state index contributed by atoms with van der Waals surface area (Å²) in [6.07, 6.45) is 2.31. The second-order valence-corrected chi connectivity index (χ2v) is 2.65. The van der Waals surface area contributed by atoms with Crippen LogP contribution in [0, 0.1) is 0 Å². The molecular formula is C7H20N4. The van der Waals surface area contributed by atoms with Crippen LogP contribution in [-0.2, 0) is 0 Å². The summed E-state index contributed by atoms with van der Waals surface area (Å²) in [4.78, 5) is 0. The van der Waals surface area contributed by atoms with Gasteiger partial charge in [0.2, 0.25) is 0 Å². The Morgan fingerprint density at radius 3 is 2.09 bits per heavy atom. The molecule has 6 N–H and O–H groups in total. The van der Waals surface area contributed by atoms with E-state index >= 15 is 0 Å². The molecule has 1 aliphatic rings. The number of hydrogen-bond donors (Lipinski definition) is 4. The maximum absolute atomic E-state index is 5.59.